The summed E-state index contributed by atoms with van der Waals surface area (Å²) in [5.74, 6) is 0.215. The van der Waals surface area contributed by atoms with Crippen LogP contribution in [-0.4, -0.2) is 10.9 Å². The zero-order valence-corrected chi connectivity index (χ0v) is 8.22. The molecule has 0 heterocycles. The number of hydrogen-bond donors (Lipinski definition) is 1. The topological polar surface area (TPSA) is 37.3 Å². The van der Waals surface area contributed by atoms with Gasteiger partial charge in [0.25, 0.3) is 0 Å². The van der Waals surface area contributed by atoms with Gasteiger partial charge in [0.1, 0.15) is 5.75 Å². The largest absolute Gasteiger partial charge is 0.508 e. The lowest BCUT2D eigenvalue weighted by atomic mass is 10.00. The van der Waals surface area contributed by atoms with Crippen molar-refractivity contribution in [2.24, 2.45) is 0 Å². The Hall–Kier alpha value is -1.31. The Bertz CT molecular complexity index is 340. The van der Waals surface area contributed by atoms with Crippen LogP contribution in [-0.2, 0) is 6.42 Å². The van der Waals surface area contributed by atoms with Crippen LogP contribution in [0.25, 0.3) is 0 Å². The molecule has 0 atom stereocenters. The van der Waals surface area contributed by atoms with E-state index < -0.39 is 0 Å². The van der Waals surface area contributed by atoms with Crippen molar-refractivity contribution in [1.29, 1.82) is 0 Å². The Kier molecular flexibility index (Phi) is 2.71. The van der Waals surface area contributed by atoms with E-state index in [2.05, 4.69) is 0 Å². The first-order valence-electron chi connectivity index (χ1n) is 4.39. The number of ketones is 1. The molecule has 0 saturated carbocycles. The molecule has 70 valence electrons. The van der Waals surface area contributed by atoms with Gasteiger partial charge in [-0.25, -0.2) is 0 Å². The smallest absolute Gasteiger partial charge is 0.160 e. The lowest BCUT2D eigenvalue weighted by Gasteiger charge is -2.07. The van der Waals surface area contributed by atoms with Crippen LogP contribution in [0.3, 0.4) is 0 Å². The molecule has 0 aliphatic heterocycles. The van der Waals surface area contributed by atoms with Crippen molar-refractivity contribution in [3.8, 4) is 5.75 Å². The normalized spacial score (nSPS) is 10.1. The second kappa shape index (κ2) is 3.60. The molecule has 0 fully saturated rings. The van der Waals surface area contributed by atoms with Crippen LogP contribution in [0.4, 0.5) is 0 Å². The van der Waals surface area contributed by atoms with E-state index >= 15 is 0 Å². The molecule has 0 unspecified atom stereocenters. The summed E-state index contributed by atoms with van der Waals surface area (Å²) in [5, 5.41) is 9.51. The van der Waals surface area contributed by atoms with Crippen LogP contribution in [0.2, 0.25) is 0 Å². The zero-order chi connectivity index (χ0) is 10.0. The van der Waals surface area contributed by atoms with E-state index in [-0.39, 0.29) is 11.5 Å². The molecule has 13 heavy (non-hydrogen) atoms. The zero-order valence-electron chi connectivity index (χ0n) is 8.22. The molecular weight excluding hydrogens is 164 g/mol. The summed E-state index contributed by atoms with van der Waals surface area (Å²) in [4.78, 5) is 11.2. The number of rotatable bonds is 2. The molecule has 0 spiro atoms. The first-order chi connectivity index (χ1) is 6.06. The summed E-state index contributed by atoms with van der Waals surface area (Å²) in [5.41, 5.74) is 2.29. The SMILES string of the molecule is CCc1cc(O)c(C)c(C(C)=O)c1. The monoisotopic (exact) mass is 178 g/mol. The van der Waals surface area contributed by atoms with Crippen molar-refractivity contribution in [2.45, 2.75) is 27.2 Å². The summed E-state index contributed by atoms with van der Waals surface area (Å²) < 4.78 is 0. The standard InChI is InChI=1S/C11H14O2/c1-4-9-5-10(8(3)12)7(2)11(13)6-9/h5-6,13H,4H2,1-3H3. The Morgan fingerprint density at radius 3 is 2.54 bits per heavy atom. The Balaban J connectivity index is 3.33. The summed E-state index contributed by atoms with van der Waals surface area (Å²) in [6, 6.07) is 3.55. The van der Waals surface area contributed by atoms with E-state index in [0.29, 0.717) is 11.1 Å². The molecule has 2 nitrogen and oxygen atoms in total. The highest BCUT2D eigenvalue weighted by molar-refractivity contribution is 5.96. The summed E-state index contributed by atoms with van der Waals surface area (Å²) in [7, 11) is 0. The molecule has 1 N–H and O–H groups in total. The van der Waals surface area contributed by atoms with Crippen molar-refractivity contribution >= 4 is 5.78 Å². The van der Waals surface area contributed by atoms with Crippen molar-refractivity contribution in [3.05, 3.63) is 28.8 Å². The minimum Gasteiger partial charge on any atom is -0.508 e. The predicted molar refractivity (Wildman–Crippen MR) is 52.2 cm³/mol. The fourth-order valence-corrected chi connectivity index (χ4v) is 1.33. The molecule has 0 radical (unpaired) electrons. The average molecular weight is 178 g/mol. The highest BCUT2D eigenvalue weighted by Crippen LogP contribution is 2.23. The molecule has 0 saturated heterocycles. The minimum absolute atomic E-state index is 0.00287. The predicted octanol–water partition coefficient (Wildman–Crippen LogP) is 2.47. The van der Waals surface area contributed by atoms with Gasteiger partial charge in [0.2, 0.25) is 0 Å². The molecule has 0 amide bonds. The van der Waals surface area contributed by atoms with E-state index in [1.165, 1.54) is 6.92 Å². The number of aromatic hydroxyl groups is 1. The number of carbonyl (C=O) groups is 1. The maximum Gasteiger partial charge on any atom is 0.160 e. The molecule has 2 heteroatoms. The summed E-state index contributed by atoms with van der Waals surface area (Å²) in [6.07, 6.45) is 0.827. The van der Waals surface area contributed by atoms with Crippen LogP contribution >= 0.6 is 0 Å². The first-order valence-corrected chi connectivity index (χ1v) is 4.39. The Morgan fingerprint density at radius 2 is 2.08 bits per heavy atom. The van der Waals surface area contributed by atoms with Gasteiger partial charge in [0, 0.05) is 11.1 Å². The number of phenolic OH excluding ortho intramolecular Hbond substituents is 1. The van der Waals surface area contributed by atoms with Crippen LogP contribution in [0, 0.1) is 6.92 Å². The number of hydrogen-bond acceptors (Lipinski definition) is 2. The highest BCUT2D eigenvalue weighted by atomic mass is 16.3. The number of aryl methyl sites for hydroxylation is 1. The molecule has 1 aromatic carbocycles. The van der Waals surface area contributed by atoms with E-state index in [9.17, 15) is 9.90 Å². The van der Waals surface area contributed by atoms with Crippen molar-refractivity contribution < 1.29 is 9.90 Å². The second-order valence-electron chi connectivity index (χ2n) is 3.20. The third-order valence-electron chi connectivity index (χ3n) is 2.23. The number of carbonyl (C=O) groups excluding carboxylic acids is 1. The molecule has 0 bridgehead atoms. The van der Waals surface area contributed by atoms with E-state index in [4.69, 9.17) is 0 Å². The van der Waals surface area contributed by atoms with E-state index in [1.807, 2.05) is 13.0 Å². The number of benzene rings is 1. The number of Topliss-reactive ketones (excluding diaryl/α,β-unsaturated/α-hetero) is 1. The fourth-order valence-electron chi connectivity index (χ4n) is 1.33. The number of phenols is 1. The van der Waals surface area contributed by atoms with Gasteiger partial charge in [0.05, 0.1) is 0 Å². The van der Waals surface area contributed by atoms with Gasteiger partial charge in [-0.15, -0.1) is 0 Å². The quantitative estimate of drug-likeness (QED) is 0.706. The highest BCUT2D eigenvalue weighted by Gasteiger charge is 2.08. The van der Waals surface area contributed by atoms with Crippen molar-refractivity contribution in [1.82, 2.24) is 0 Å². The average Bonchev–Trinajstić information content (AvgIpc) is 2.09. The summed E-state index contributed by atoms with van der Waals surface area (Å²) in [6.45, 7) is 5.26. The van der Waals surface area contributed by atoms with Gasteiger partial charge in [-0.3, -0.25) is 4.79 Å². The molecule has 1 rings (SSSR count). The van der Waals surface area contributed by atoms with Gasteiger partial charge in [-0.1, -0.05) is 6.92 Å². The molecule has 0 aromatic heterocycles. The maximum atomic E-state index is 11.2. The van der Waals surface area contributed by atoms with Crippen LogP contribution in [0.1, 0.15) is 35.3 Å². The van der Waals surface area contributed by atoms with Crippen LogP contribution < -0.4 is 0 Å². The van der Waals surface area contributed by atoms with Crippen LogP contribution in [0.15, 0.2) is 12.1 Å². The van der Waals surface area contributed by atoms with E-state index in [1.54, 1.807) is 13.0 Å². The van der Waals surface area contributed by atoms with Gasteiger partial charge >= 0.3 is 0 Å². The fraction of sp³-hybridized carbons (Fsp3) is 0.364. The van der Waals surface area contributed by atoms with Crippen molar-refractivity contribution in [3.63, 3.8) is 0 Å². The van der Waals surface area contributed by atoms with E-state index in [0.717, 1.165) is 12.0 Å². The van der Waals surface area contributed by atoms with Crippen molar-refractivity contribution in [2.75, 3.05) is 0 Å². The third kappa shape index (κ3) is 1.89. The van der Waals surface area contributed by atoms with Crippen LogP contribution in [0.5, 0.6) is 5.75 Å². The minimum atomic E-state index is 0.00287. The molecule has 0 aliphatic rings. The lowest BCUT2D eigenvalue weighted by molar-refractivity contribution is 0.101. The van der Waals surface area contributed by atoms with Gasteiger partial charge < -0.3 is 5.11 Å². The Labute approximate surface area is 78.2 Å². The molecule has 0 aliphatic carbocycles. The second-order valence-corrected chi connectivity index (χ2v) is 3.20. The maximum absolute atomic E-state index is 11.2. The first kappa shape index (κ1) is 9.78. The molecule has 1 aromatic rings. The van der Waals surface area contributed by atoms with Gasteiger partial charge in [-0.2, -0.15) is 0 Å². The lowest BCUT2D eigenvalue weighted by Crippen LogP contribution is -1.98. The van der Waals surface area contributed by atoms with Gasteiger partial charge in [0.15, 0.2) is 5.78 Å². The Morgan fingerprint density at radius 1 is 1.46 bits per heavy atom. The molecular formula is C11H14O2. The summed E-state index contributed by atoms with van der Waals surface area (Å²) >= 11 is 0. The van der Waals surface area contributed by atoms with Gasteiger partial charge in [-0.05, 0) is 38.0 Å². The third-order valence-corrected chi connectivity index (χ3v) is 2.23.